The van der Waals surface area contributed by atoms with Gasteiger partial charge < -0.3 is 10.5 Å². The lowest BCUT2D eigenvalue weighted by atomic mass is 10.1. The Labute approximate surface area is 126 Å². The van der Waals surface area contributed by atoms with Crippen LogP contribution in [0.4, 0.5) is 0 Å². The normalized spacial score (nSPS) is 10.2. The van der Waals surface area contributed by atoms with Crippen molar-refractivity contribution < 1.29 is 4.74 Å². The second-order valence-corrected chi connectivity index (χ2v) is 5.61. The fourth-order valence-corrected chi connectivity index (χ4v) is 2.24. The average Bonchev–Trinajstić information content (AvgIpc) is 2.37. The molecule has 0 bridgehead atoms. The van der Waals surface area contributed by atoms with Crippen molar-refractivity contribution in [2.75, 3.05) is 0 Å². The van der Waals surface area contributed by atoms with Crippen LogP contribution in [-0.4, -0.2) is 4.99 Å². The number of nitrogens with two attached hydrogens (primary N) is 1. The maximum Gasteiger partial charge on any atom is 0.120 e. The molecule has 0 aromatic heterocycles. The molecule has 2 aromatic carbocycles. The van der Waals surface area contributed by atoms with E-state index in [2.05, 4.69) is 15.9 Å². The van der Waals surface area contributed by atoms with Crippen LogP contribution in [0.3, 0.4) is 0 Å². The van der Waals surface area contributed by atoms with E-state index in [9.17, 15) is 0 Å². The minimum atomic E-state index is 0.414. The van der Waals surface area contributed by atoms with E-state index in [1.165, 1.54) is 0 Å². The number of halogens is 1. The molecule has 0 saturated heterocycles. The molecule has 0 amide bonds. The van der Waals surface area contributed by atoms with E-state index in [0.717, 1.165) is 26.9 Å². The molecule has 0 aliphatic carbocycles. The van der Waals surface area contributed by atoms with Crippen LogP contribution in [0, 0.1) is 6.92 Å². The van der Waals surface area contributed by atoms with Gasteiger partial charge in [-0.05, 0) is 48.4 Å². The standard InChI is InChI=1S/C15H14BrNOS/c1-10-8-13(6-7-14(10)15(17)19)18-9-11-2-4-12(16)5-3-11/h2-8H,9H2,1H3,(H2,17,19). The van der Waals surface area contributed by atoms with Gasteiger partial charge in [0.2, 0.25) is 0 Å². The molecule has 0 saturated carbocycles. The fraction of sp³-hybridized carbons (Fsp3) is 0.133. The van der Waals surface area contributed by atoms with Crippen LogP contribution in [0.15, 0.2) is 46.9 Å². The van der Waals surface area contributed by atoms with Gasteiger partial charge in [-0.15, -0.1) is 0 Å². The Bertz CT molecular complexity index is 596. The summed E-state index contributed by atoms with van der Waals surface area (Å²) in [4.78, 5) is 0.414. The summed E-state index contributed by atoms with van der Waals surface area (Å²) in [5.74, 6) is 0.820. The largest absolute Gasteiger partial charge is 0.489 e. The van der Waals surface area contributed by atoms with Gasteiger partial charge in [-0.2, -0.15) is 0 Å². The van der Waals surface area contributed by atoms with Crippen LogP contribution in [0.5, 0.6) is 5.75 Å². The van der Waals surface area contributed by atoms with Crippen LogP contribution >= 0.6 is 28.1 Å². The smallest absolute Gasteiger partial charge is 0.120 e. The number of thiocarbonyl (C=S) groups is 1. The van der Waals surface area contributed by atoms with Crippen molar-refractivity contribution in [3.05, 3.63) is 63.6 Å². The monoisotopic (exact) mass is 335 g/mol. The number of aryl methyl sites for hydroxylation is 1. The molecule has 0 aliphatic heterocycles. The Morgan fingerprint density at radius 1 is 1.21 bits per heavy atom. The SMILES string of the molecule is Cc1cc(OCc2ccc(Br)cc2)ccc1C(N)=S. The van der Waals surface area contributed by atoms with Crippen LogP contribution in [0.1, 0.15) is 16.7 Å². The molecule has 0 heterocycles. The van der Waals surface area contributed by atoms with Crippen LogP contribution in [0.25, 0.3) is 0 Å². The lowest BCUT2D eigenvalue weighted by Gasteiger charge is -2.09. The molecule has 2 rings (SSSR count). The molecule has 19 heavy (non-hydrogen) atoms. The third-order valence-electron chi connectivity index (χ3n) is 2.78. The van der Waals surface area contributed by atoms with Crippen molar-refractivity contribution in [1.82, 2.24) is 0 Å². The van der Waals surface area contributed by atoms with Gasteiger partial charge in [-0.3, -0.25) is 0 Å². The topological polar surface area (TPSA) is 35.2 Å². The van der Waals surface area contributed by atoms with E-state index in [-0.39, 0.29) is 0 Å². The van der Waals surface area contributed by atoms with Gasteiger partial charge in [0.05, 0.1) is 0 Å². The maximum atomic E-state index is 5.75. The van der Waals surface area contributed by atoms with E-state index in [1.54, 1.807) is 0 Å². The lowest BCUT2D eigenvalue weighted by molar-refractivity contribution is 0.306. The maximum absolute atomic E-state index is 5.75. The highest BCUT2D eigenvalue weighted by Crippen LogP contribution is 2.19. The Morgan fingerprint density at radius 3 is 2.47 bits per heavy atom. The molecule has 2 aromatic rings. The van der Waals surface area contributed by atoms with E-state index in [0.29, 0.717) is 11.6 Å². The molecule has 0 fully saturated rings. The third kappa shape index (κ3) is 3.78. The van der Waals surface area contributed by atoms with Crippen LogP contribution in [-0.2, 0) is 6.61 Å². The first-order chi connectivity index (χ1) is 9.06. The van der Waals surface area contributed by atoms with E-state index in [1.807, 2.05) is 49.4 Å². The molecule has 0 spiro atoms. The molecular formula is C15H14BrNOS. The predicted octanol–water partition coefficient (Wildman–Crippen LogP) is 3.97. The Hall–Kier alpha value is -1.39. The summed E-state index contributed by atoms with van der Waals surface area (Å²) in [5, 5.41) is 0. The second kappa shape index (κ2) is 6.17. The molecule has 0 atom stereocenters. The lowest BCUT2D eigenvalue weighted by Crippen LogP contribution is -2.11. The van der Waals surface area contributed by atoms with Crippen LogP contribution < -0.4 is 10.5 Å². The first kappa shape index (κ1) is 14.0. The zero-order valence-corrected chi connectivity index (χ0v) is 12.9. The number of benzene rings is 2. The van der Waals surface area contributed by atoms with Gasteiger partial charge in [0, 0.05) is 10.0 Å². The molecule has 98 valence electrons. The molecular weight excluding hydrogens is 322 g/mol. The van der Waals surface area contributed by atoms with Crippen molar-refractivity contribution in [2.45, 2.75) is 13.5 Å². The number of ether oxygens (including phenoxy) is 1. The summed E-state index contributed by atoms with van der Waals surface area (Å²) in [6.07, 6.45) is 0. The molecule has 0 unspecified atom stereocenters. The predicted molar refractivity (Wildman–Crippen MR) is 85.5 cm³/mol. The first-order valence-corrected chi connectivity index (χ1v) is 7.04. The summed E-state index contributed by atoms with van der Waals surface area (Å²) in [6.45, 7) is 2.51. The van der Waals surface area contributed by atoms with E-state index >= 15 is 0 Å². The second-order valence-electron chi connectivity index (χ2n) is 4.26. The summed E-state index contributed by atoms with van der Waals surface area (Å²) in [6, 6.07) is 13.8. The number of hydrogen-bond acceptors (Lipinski definition) is 2. The molecule has 0 radical (unpaired) electrons. The first-order valence-electron chi connectivity index (χ1n) is 5.84. The summed E-state index contributed by atoms with van der Waals surface area (Å²) in [5.41, 5.74) is 8.68. The van der Waals surface area contributed by atoms with Crippen molar-refractivity contribution in [3.63, 3.8) is 0 Å². The fourth-order valence-electron chi connectivity index (χ4n) is 1.75. The van der Waals surface area contributed by atoms with Crippen molar-refractivity contribution >= 4 is 33.1 Å². The Kier molecular flexibility index (Phi) is 4.56. The summed E-state index contributed by atoms with van der Waals surface area (Å²) < 4.78 is 6.81. The number of hydrogen-bond donors (Lipinski definition) is 1. The average molecular weight is 336 g/mol. The minimum absolute atomic E-state index is 0.414. The molecule has 0 aliphatic rings. The van der Waals surface area contributed by atoms with Gasteiger partial charge in [-0.1, -0.05) is 40.3 Å². The van der Waals surface area contributed by atoms with Crippen molar-refractivity contribution in [1.29, 1.82) is 0 Å². The minimum Gasteiger partial charge on any atom is -0.489 e. The van der Waals surface area contributed by atoms with Crippen LogP contribution in [0.2, 0.25) is 0 Å². The van der Waals surface area contributed by atoms with Gasteiger partial charge in [0.15, 0.2) is 0 Å². The highest BCUT2D eigenvalue weighted by atomic mass is 79.9. The van der Waals surface area contributed by atoms with E-state index in [4.69, 9.17) is 22.7 Å². The summed E-state index contributed by atoms with van der Waals surface area (Å²) in [7, 11) is 0. The molecule has 2 nitrogen and oxygen atoms in total. The molecule has 4 heteroatoms. The Morgan fingerprint density at radius 2 is 1.89 bits per heavy atom. The quantitative estimate of drug-likeness (QED) is 0.858. The van der Waals surface area contributed by atoms with Gasteiger partial charge >= 0.3 is 0 Å². The van der Waals surface area contributed by atoms with Crippen molar-refractivity contribution in [3.8, 4) is 5.75 Å². The number of rotatable bonds is 4. The van der Waals surface area contributed by atoms with Gasteiger partial charge in [-0.25, -0.2) is 0 Å². The van der Waals surface area contributed by atoms with Crippen molar-refractivity contribution in [2.24, 2.45) is 5.73 Å². The highest BCUT2D eigenvalue weighted by Gasteiger charge is 2.03. The zero-order chi connectivity index (χ0) is 13.8. The Balaban J connectivity index is 2.06. The third-order valence-corrected chi connectivity index (χ3v) is 3.53. The zero-order valence-electron chi connectivity index (χ0n) is 10.5. The molecule has 2 N–H and O–H groups in total. The summed E-state index contributed by atoms with van der Waals surface area (Å²) >= 11 is 8.39. The van der Waals surface area contributed by atoms with E-state index < -0.39 is 0 Å². The highest BCUT2D eigenvalue weighted by molar-refractivity contribution is 9.10. The van der Waals surface area contributed by atoms with Gasteiger partial charge in [0.25, 0.3) is 0 Å². The van der Waals surface area contributed by atoms with Gasteiger partial charge in [0.1, 0.15) is 17.3 Å².